The Morgan fingerprint density at radius 1 is 0.966 bits per heavy atom. The quantitative estimate of drug-likeness (QED) is 0.633. The lowest BCUT2D eigenvalue weighted by Crippen LogP contribution is -2.29. The summed E-state index contributed by atoms with van der Waals surface area (Å²) < 4.78 is 42.5. The molecule has 0 heterocycles. The maximum atomic E-state index is 12.2. The number of esters is 1. The van der Waals surface area contributed by atoms with Crippen molar-refractivity contribution in [3.05, 3.63) is 57.6 Å². The van der Waals surface area contributed by atoms with Gasteiger partial charge < -0.3 is 15.4 Å². The molecule has 0 atom stereocenters. The number of nitrogens with one attached hydrogen (secondary N) is 2. The van der Waals surface area contributed by atoms with Crippen molar-refractivity contribution in [2.45, 2.75) is 20.0 Å². The van der Waals surface area contributed by atoms with Crippen LogP contribution in [-0.2, 0) is 14.3 Å². The third-order valence-electron chi connectivity index (χ3n) is 3.69. The largest absolute Gasteiger partial charge is 0.471 e. The predicted molar refractivity (Wildman–Crippen MR) is 104 cm³/mol. The third kappa shape index (κ3) is 6.31. The molecule has 154 valence electrons. The third-order valence-corrected chi connectivity index (χ3v) is 4.94. The van der Waals surface area contributed by atoms with Crippen molar-refractivity contribution in [3.8, 4) is 0 Å². The monoisotopic (exact) mass is 472 g/mol. The van der Waals surface area contributed by atoms with Crippen molar-refractivity contribution in [1.29, 1.82) is 0 Å². The molecule has 29 heavy (non-hydrogen) atoms. The van der Waals surface area contributed by atoms with Crippen LogP contribution in [0.1, 0.15) is 21.5 Å². The van der Waals surface area contributed by atoms with Crippen LogP contribution in [0.5, 0.6) is 0 Å². The van der Waals surface area contributed by atoms with Gasteiger partial charge in [0.15, 0.2) is 6.61 Å². The summed E-state index contributed by atoms with van der Waals surface area (Å²) in [5.41, 5.74) is 2.28. The van der Waals surface area contributed by atoms with Crippen molar-refractivity contribution in [2.75, 3.05) is 17.2 Å². The van der Waals surface area contributed by atoms with Crippen LogP contribution in [0.3, 0.4) is 0 Å². The van der Waals surface area contributed by atoms with Crippen molar-refractivity contribution in [3.63, 3.8) is 0 Å². The van der Waals surface area contributed by atoms with E-state index < -0.39 is 30.6 Å². The molecule has 2 aromatic rings. The Morgan fingerprint density at radius 3 is 2.03 bits per heavy atom. The second kappa shape index (κ2) is 9.08. The van der Waals surface area contributed by atoms with E-state index in [1.165, 1.54) is 12.1 Å². The Kier molecular flexibility index (Phi) is 7.02. The summed E-state index contributed by atoms with van der Waals surface area (Å²) in [6, 6.07) is 8.10. The molecule has 6 nitrogen and oxygen atoms in total. The molecule has 0 aliphatic heterocycles. The summed E-state index contributed by atoms with van der Waals surface area (Å²) in [6.45, 7) is 3.20. The molecule has 0 aliphatic carbocycles. The van der Waals surface area contributed by atoms with Crippen molar-refractivity contribution >= 4 is 45.1 Å². The van der Waals surface area contributed by atoms with Crippen LogP contribution in [0.15, 0.2) is 40.9 Å². The number of carbonyl (C=O) groups excluding carboxylic acids is 3. The number of ether oxygens (including phenoxy) is 1. The zero-order chi connectivity index (χ0) is 21.8. The molecule has 2 rings (SSSR count). The number of halogens is 4. The highest BCUT2D eigenvalue weighted by molar-refractivity contribution is 9.10. The normalized spacial score (nSPS) is 11.0. The number of alkyl halides is 3. The van der Waals surface area contributed by atoms with E-state index in [0.29, 0.717) is 5.69 Å². The molecule has 0 radical (unpaired) electrons. The molecule has 0 bridgehead atoms. The molecule has 0 aromatic heterocycles. The Balaban J connectivity index is 1.90. The standard InChI is InChI=1S/C19H16BrF3N2O4/c1-10-7-14(8-11(2)16(10)20)24-15(26)9-29-17(27)12-3-5-13(6-4-12)25-18(28)19(21,22)23/h3-8H,9H2,1-2H3,(H,24,26)(H,25,28). The molecular weight excluding hydrogens is 457 g/mol. The molecule has 0 aliphatic rings. The van der Waals surface area contributed by atoms with Gasteiger partial charge in [-0.15, -0.1) is 0 Å². The second-order valence-corrected chi connectivity index (χ2v) is 6.87. The average Bonchev–Trinajstić information content (AvgIpc) is 2.64. The number of hydrogen-bond acceptors (Lipinski definition) is 4. The summed E-state index contributed by atoms with van der Waals surface area (Å²) in [6.07, 6.45) is -5.02. The minimum Gasteiger partial charge on any atom is -0.452 e. The number of benzene rings is 2. The number of amides is 2. The first-order valence-electron chi connectivity index (χ1n) is 8.19. The Labute approximate surface area is 172 Å². The van der Waals surface area contributed by atoms with Crippen LogP contribution >= 0.6 is 15.9 Å². The van der Waals surface area contributed by atoms with Gasteiger partial charge in [0.25, 0.3) is 5.91 Å². The van der Waals surface area contributed by atoms with E-state index >= 15 is 0 Å². The zero-order valence-electron chi connectivity index (χ0n) is 15.3. The van der Waals surface area contributed by atoms with E-state index in [2.05, 4.69) is 21.2 Å². The lowest BCUT2D eigenvalue weighted by atomic mass is 10.1. The van der Waals surface area contributed by atoms with Gasteiger partial charge in [0, 0.05) is 15.8 Å². The van der Waals surface area contributed by atoms with Gasteiger partial charge in [0.05, 0.1) is 5.56 Å². The summed E-state index contributed by atoms with van der Waals surface area (Å²) in [7, 11) is 0. The van der Waals surface area contributed by atoms with Gasteiger partial charge >= 0.3 is 18.1 Å². The smallest absolute Gasteiger partial charge is 0.452 e. The van der Waals surface area contributed by atoms with Gasteiger partial charge in [-0.2, -0.15) is 13.2 Å². The summed E-state index contributed by atoms with van der Waals surface area (Å²) >= 11 is 3.42. The van der Waals surface area contributed by atoms with E-state index in [9.17, 15) is 27.6 Å². The van der Waals surface area contributed by atoms with Crippen molar-refractivity contribution in [1.82, 2.24) is 0 Å². The number of carbonyl (C=O) groups is 3. The Bertz CT molecular complexity index is 920. The number of hydrogen-bond donors (Lipinski definition) is 2. The first kappa shape index (κ1) is 22.4. The van der Waals surface area contributed by atoms with E-state index in [0.717, 1.165) is 27.7 Å². The van der Waals surface area contributed by atoms with Crippen LogP contribution in [0.2, 0.25) is 0 Å². The average molecular weight is 473 g/mol. The van der Waals surface area contributed by atoms with Gasteiger partial charge in [0.1, 0.15) is 0 Å². The van der Waals surface area contributed by atoms with Crippen LogP contribution in [0.25, 0.3) is 0 Å². The summed E-state index contributed by atoms with van der Waals surface area (Å²) in [5.74, 6) is -3.51. The van der Waals surface area contributed by atoms with Crippen molar-refractivity contribution < 1.29 is 32.3 Å². The minimum atomic E-state index is -5.02. The second-order valence-electron chi connectivity index (χ2n) is 6.08. The number of rotatable bonds is 5. The number of anilines is 2. The lowest BCUT2D eigenvalue weighted by molar-refractivity contribution is -0.167. The van der Waals surface area contributed by atoms with Crippen LogP contribution in [-0.4, -0.2) is 30.6 Å². The molecular formula is C19H16BrF3N2O4. The molecule has 2 amide bonds. The first-order valence-corrected chi connectivity index (χ1v) is 8.98. The molecule has 0 saturated heterocycles. The van der Waals surface area contributed by atoms with Gasteiger partial charge in [-0.05, 0) is 61.4 Å². The van der Waals surface area contributed by atoms with E-state index in [1.54, 1.807) is 17.4 Å². The van der Waals surface area contributed by atoms with Gasteiger partial charge in [-0.25, -0.2) is 4.79 Å². The molecule has 0 saturated carbocycles. The highest BCUT2D eigenvalue weighted by Crippen LogP contribution is 2.25. The molecule has 0 spiro atoms. The fraction of sp³-hybridized carbons (Fsp3) is 0.211. The SMILES string of the molecule is Cc1cc(NC(=O)COC(=O)c2ccc(NC(=O)C(F)(F)F)cc2)cc(C)c1Br. The van der Waals surface area contributed by atoms with Gasteiger partial charge in [-0.1, -0.05) is 15.9 Å². The Morgan fingerprint density at radius 2 is 1.52 bits per heavy atom. The molecule has 2 N–H and O–H groups in total. The molecule has 2 aromatic carbocycles. The highest BCUT2D eigenvalue weighted by atomic mass is 79.9. The van der Waals surface area contributed by atoms with Crippen LogP contribution in [0.4, 0.5) is 24.5 Å². The maximum absolute atomic E-state index is 12.2. The van der Waals surface area contributed by atoms with Crippen molar-refractivity contribution in [2.24, 2.45) is 0 Å². The Hall–Kier alpha value is -2.88. The van der Waals surface area contributed by atoms with Gasteiger partial charge in [-0.3, -0.25) is 9.59 Å². The summed E-state index contributed by atoms with van der Waals surface area (Å²) in [5, 5.41) is 4.27. The number of aryl methyl sites for hydroxylation is 2. The molecule has 0 unspecified atom stereocenters. The van der Waals surface area contributed by atoms with Gasteiger partial charge in [0.2, 0.25) is 0 Å². The first-order chi connectivity index (χ1) is 13.5. The van der Waals surface area contributed by atoms with Crippen LogP contribution in [0, 0.1) is 13.8 Å². The van der Waals surface area contributed by atoms with E-state index in [1.807, 2.05) is 13.8 Å². The van der Waals surface area contributed by atoms with Crippen LogP contribution < -0.4 is 10.6 Å². The van der Waals surface area contributed by atoms with E-state index in [-0.39, 0.29) is 11.3 Å². The fourth-order valence-electron chi connectivity index (χ4n) is 2.32. The fourth-order valence-corrected chi connectivity index (χ4v) is 2.55. The highest BCUT2D eigenvalue weighted by Gasteiger charge is 2.38. The molecule has 0 fully saturated rings. The maximum Gasteiger partial charge on any atom is 0.471 e. The minimum absolute atomic E-state index is 0.0122. The molecule has 10 heteroatoms. The zero-order valence-corrected chi connectivity index (χ0v) is 16.9. The predicted octanol–water partition coefficient (Wildman–Crippen LogP) is 4.36. The lowest BCUT2D eigenvalue weighted by Gasteiger charge is -2.10. The van der Waals surface area contributed by atoms with E-state index in [4.69, 9.17) is 4.74 Å². The topological polar surface area (TPSA) is 84.5 Å². The summed E-state index contributed by atoms with van der Waals surface area (Å²) in [4.78, 5) is 34.8.